The minimum atomic E-state index is 0.0303. The summed E-state index contributed by atoms with van der Waals surface area (Å²) < 4.78 is 12.1. The van der Waals surface area contributed by atoms with Crippen molar-refractivity contribution in [2.75, 3.05) is 13.2 Å². The van der Waals surface area contributed by atoms with E-state index in [-0.39, 0.29) is 5.91 Å². The highest BCUT2D eigenvalue weighted by molar-refractivity contribution is 6.01. The normalized spacial score (nSPS) is 13.7. The molecule has 1 aromatic heterocycles. The molecule has 0 saturated carbocycles. The maximum absolute atomic E-state index is 13.2. The molecular formula is C30H29NO3. The third kappa shape index (κ3) is 4.01. The number of nitrogens with zero attached hydrogens (tertiary/aromatic N) is 1. The number of rotatable bonds is 5. The van der Waals surface area contributed by atoms with Crippen molar-refractivity contribution >= 4 is 22.4 Å². The van der Waals surface area contributed by atoms with Gasteiger partial charge in [0.25, 0.3) is 0 Å². The highest BCUT2D eigenvalue weighted by Gasteiger charge is 2.22. The van der Waals surface area contributed by atoms with Crippen LogP contribution < -0.4 is 4.74 Å². The molecule has 0 bridgehead atoms. The van der Waals surface area contributed by atoms with Gasteiger partial charge < -0.3 is 14.1 Å². The van der Waals surface area contributed by atoms with Crippen LogP contribution in [0.5, 0.6) is 5.75 Å². The maximum Gasteiger partial charge on any atom is 0.247 e. The van der Waals surface area contributed by atoms with Gasteiger partial charge in [0.2, 0.25) is 5.91 Å². The van der Waals surface area contributed by atoms with Gasteiger partial charge in [-0.15, -0.1) is 0 Å². The second-order valence-electron chi connectivity index (χ2n) is 8.81. The molecule has 1 aliphatic rings. The zero-order valence-electron chi connectivity index (χ0n) is 19.9. The van der Waals surface area contributed by atoms with Gasteiger partial charge in [-0.1, -0.05) is 54.6 Å². The van der Waals surface area contributed by atoms with Crippen molar-refractivity contribution in [2.24, 2.45) is 0 Å². The minimum Gasteiger partial charge on any atom is -0.493 e. The number of hydrogen-bond acceptors (Lipinski definition) is 3. The van der Waals surface area contributed by atoms with Crippen LogP contribution in [0.4, 0.5) is 0 Å². The number of carbonyl (C=O) groups is 1. The molecule has 4 heteroatoms. The third-order valence-electron chi connectivity index (χ3n) is 6.62. The van der Waals surface area contributed by atoms with Crippen molar-refractivity contribution in [1.82, 2.24) is 4.90 Å². The molecule has 4 aromatic rings. The minimum absolute atomic E-state index is 0.0303. The Morgan fingerprint density at radius 3 is 2.59 bits per heavy atom. The van der Waals surface area contributed by atoms with E-state index in [0.29, 0.717) is 13.2 Å². The van der Waals surface area contributed by atoms with E-state index in [1.165, 1.54) is 11.1 Å². The number of allylic oxidation sites excluding steroid dienone is 1. The van der Waals surface area contributed by atoms with Gasteiger partial charge in [0.1, 0.15) is 11.3 Å². The molecule has 0 saturated heterocycles. The van der Waals surface area contributed by atoms with Gasteiger partial charge in [0, 0.05) is 41.2 Å². The highest BCUT2D eigenvalue weighted by atomic mass is 16.5. The van der Waals surface area contributed by atoms with Gasteiger partial charge in [-0.25, -0.2) is 0 Å². The molecule has 1 aliphatic heterocycles. The van der Waals surface area contributed by atoms with Crippen molar-refractivity contribution < 1.29 is 13.9 Å². The number of amides is 1. The van der Waals surface area contributed by atoms with Gasteiger partial charge in [-0.05, 0) is 55.5 Å². The molecule has 0 unspecified atom stereocenters. The van der Waals surface area contributed by atoms with E-state index >= 15 is 0 Å². The van der Waals surface area contributed by atoms with Crippen LogP contribution in [0.2, 0.25) is 0 Å². The summed E-state index contributed by atoms with van der Waals surface area (Å²) in [6.45, 7) is 7.90. The van der Waals surface area contributed by atoms with E-state index in [0.717, 1.165) is 57.5 Å². The fourth-order valence-corrected chi connectivity index (χ4v) is 4.82. The number of aryl methyl sites for hydroxylation is 1. The molecule has 34 heavy (non-hydrogen) atoms. The number of hydrogen-bond donors (Lipinski definition) is 0. The summed E-state index contributed by atoms with van der Waals surface area (Å²) in [5.41, 5.74) is 8.28. The van der Waals surface area contributed by atoms with Gasteiger partial charge in [-0.3, -0.25) is 4.79 Å². The van der Waals surface area contributed by atoms with Crippen LogP contribution >= 0.6 is 0 Å². The summed E-state index contributed by atoms with van der Waals surface area (Å²) in [6, 6.07) is 20.7. The lowest BCUT2D eigenvalue weighted by molar-refractivity contribution is -0.126. The van der Waals surface area contributed by atoms with E-state index in [4.69, 9.17) is 9.15 Å². The van der Waals surface area contributed by atoms with Crippen LogP contribution in [-0.2, 0) is 17.8 Å². The molecule has 2 heterocycles. The zero-order chi connectivity index (χ0) is 23.7. The van der Waals surface area contributed by atoms with Gasteiger partial charge in [-0.2, -0.15) is 0 Å². The maximum atomic E-state index is 13.2. The summed E-state index contributed by atoms with van der Waals surface area (Å²) in [4.78, 5) is 15.2. The Balaban J connectivity index is 1.54. The molecular weight excluding hydrogens is 422 g/mol. The van der Waals surface area contributed by atoms with E-state index < -0.39 is 0 Å². The summed E-state index contributed by atoms with van der Waals surface area (Å²) in [5, 5.41) is 1.02. The molecule has 5 rings (SSSR count). The van der Waals surface area contributed by atoms with Crippen molar-refractivity contribution in [1.29, 1.82) is 0 Å². The van der Waals surface area contributed by atoms with Crippen molar-refractivity contribution in [3.05, 3.63) is 95.3 Å². The van der Waals surface area contributed by atoms with Crippen LogP contribution in [0.3, 0.4) is 0 Å². The van der Waals surface area contributed by atoms with Gasteiger partial charge in [0.05, 0.1) is 12.9 Å². The van der Waals surface area contributed by atoms with Gasteiger partial charge in [0.15, 0.2) is 0 Å². The highest BCUT2D eigenvalue weighted by Crippen LogP contribution is 2.40. The Morgan fingerprint density at radius 2 is 1.82 bits per heavy atom. The molecule has 3 aromatic carbocycles. The molecule has 1 amide bonds. The first-order valence-electron chi connectivity index (χ1n) is 11.8. The third-order valence-corrected chi connectivity index (χ3v) is 6.62. The predicted molar refractivity (Wildman–Crippen MR) is 137 cm³/mol. The molecule has 172 valence electrons. The Morgan fingerprint density at radius 1 is 1.09 bits per heavy atom. The van der Waals surface area contributed by atoms with Gasteiger partial charge >= 0.3 is 0 Å². The van der Waals surface area contributed by atoms with Crippen LogP contribution in [-0.4, -0.2) is 24.0 Å². The van der Waals surface area contributed by atoms with E-state index in [9.17, 15) is 4.79 Å². The first kappa shape index (κ1) is 22.0. The van der Waals surface area contributed by atoms with Crippen molar-refractivity contribution in [2.45, 2.75) is 33.7 Å². The molecule has 0 atom stereocenters. The Bertz CT molecular complexity index is 1380. The lowest BCUT2D eigenvalue weighted by Gasteiger charge is -2.28. The lowest BCUT2D eigenvalue weighted by atomic mass is 9.96. The average Bonchev–Trinajstić information content (AvgIpc) is 3.30. The number of furan rings is 1. The van der Waals surface area contributed by atoms with E-state index in [2.05, 4.69) is 36.4 Å². The quantitative estimate of drug-likeness (QED) is 0.314. The molecule has 0 N–H and O–H groups in total. The number of fused-ring (bicyclic) bond motifs is 2. The number of carbonyl (C=O) groups excluding carboxylic acids is 1. The predicted octanol–water partition coefficient (Wildman–Crippen LogP) is 6.80. The zero-order valence-corrected chi connectivity index (χ0v) is 19.9. The van der Waals surface area contributed by atoms with Crippen LogP contribution in [0.1, 0.15) is 36.1 Å². The topological polar surface area (TPSA) is 42.7 Å². The summed E-state index contributed by atoms with van der Waals surface area (Å²) in [7, 11) is 0. The second kappa shape index (κ2) is 9.22. The van der Waals surface area contributed by atoms with Crippen molar-refractivity contribution in [3.8, 4) is 16.9 Å². The molecule has 4 nitrogen and oxygen atoms in total. The average molecular weight is 452 g/mol. The molecule has 0 radical (unpaired) electrons. The lowest BCUT2D eigenvalue weighted by Crippen LogP contribution is -2.34. The Hall–Kier alpha value is -3.79. The molecule has 0 aliphatic carbocycles. The van der Waals surface area contributed by atoms with E-state index in [1.807, 2.05) is 56.2 Å². The number of benzene rings is 3. The largest absolute Gasteiger partial charge is 0.493 e. The molecule has 0 fully saturated rings. The second-order valence-corrected chi connectivity index (χ2v) is 8.81. The van der Waals surface area contributed by atoms with Crippen LogP contribution in [0.15, 0.2) is 77.4 Å². The summed E-state index contributed by atoms with van der Waals surface area (Å²) >= 11 is 0. The van der Waals surface area contributed by atoms with Crippen molar-refractivity contribution in [3.63, 3.8) is 0 Å². The Kier molecular flexibility index (Phi) is 5.97. The standard InChI is InChI=1S/C30H29NO3/c1-4-33-29-21(3)30-26(27(19-34-30)23-11-6-5-7-12-23)17-25(29)20(2)16-28(32)31-15-14-22-10-8-9-13-24(22)18-31/h5-13,16-17,19H,4,14-15,18H2,1-3H3/b20-16+. The SMILES string of the molecule is CCOc1c(/C(C)=C/C(=O)N2CCc3ccccc3C2)cc2c(-c3ccccc3)coc2c1C. The number of ether oxygens (including phenoxy) is 1. The van der Waals surface area contributed by atoms with Crippen LogP contribution in [0, 0.1) is 6.92 Å². The fraction of sp³-hybridized carbons (Fsp3) is 0.233. The van der Waals surface area contributed by atoms with E-state index in [1.54, 1.807) is 6.08 Å². The molecule has 0 spiro atoms. The summed E-state index contributed by atoms with van der Waals surface area (Å²) in [6.07, 6.45) is 4.45. The fourth-order valence-electron chi connectivity index (χ4n) is 4.82. The first-order chi connectivity index (χ1) is 16.6. The first-order valence-corrected chi connectivity index (χ1v) is 11.8. The Labute approximate surface area is 200 Å². The summed E-state index contributed by atoms with van der Waals surface area (Å²) in [5.74, 6) is 0.803. The smallest absolute Gasteiger partial charge is 0.247 e. The monoisotopic (exact) mass is 451 g/mol. The van der Waals surface area contributed by atoms with Crippen LogP contribution in [0.25, 0.3) is 27.7 Å².